The number of likely N-dealkylation sites (N-methyl/N-ethyl adjacent to an activating group) is 2. The lowest BCUT2D eigenvalue weighted by atomic mass is 9.98. The van der Waals surface area contributed by atoms with E-state index in [1.165, 1.54) is 25.1 Å². The lowest BCUT2D eigenvalue weighted by Gasteiger charge is -2.31. The van der Waals surface area contributed by atoms with Crippen molar-refractivity contribution in [3.05, 3.63) is 119 Å². The van der Waals surface area contributed by atoms with Crippen LogP contribution in [0.15, 0.2) is 91.0 Å². The minimum atomic E-state index is -0.992. The number of amides is 3. The molecule has 0 aliphatic heterocycles. The van der Waals surface area contributed by atoms with Crippen molar-refractivity contribution in [1.82, 2.24) is 15.5 Å². The molecule has 8 heteroatoms. The Bertz CT molecular complexity index is 1540. The summed E-state index contributed by atoms with van der Waals surface area (Å²) >= 11 is 0. The van der Waals surface area contributed by atoms with E-state index >= 15 is 0 Å². The zero-order valence-electron chi connectivity index (χ0n) is 23.3. The summed E-state index contributed by atoms with van der Waals surface area (Å²) in [6.07, 6.45) is 0.794. The second-order valence-corrected chi connectivity index (χ2v) is 10.0. The van der Waals surface area contributed by atoms with Crippen molar-refractivity contribution >= 4 is 28.5 Å². The molecule has 0 fully saturated rings. The third kappa shape index (κ3) is 7.35. The molecule has 0 aliphatic carbocycles. The second-order valence-electron chi connectivity index (χ2n) is 10.0. The maximum Gasteiger partial charge on any atom is 0.251 e. The largest absolute Gasteiger partial charge is 0.357 e. The van der Waals surface area contributed by atoms with E-state index < -0.39 is 35.6 Å². The summed E-state index contributed by atoms with van der Waals surface area (Å²) < 4.78 is 14.5. The zero-order chi connectivity index (χ0) is 29.4. The van der Waals surface area contributed by atoms with Gasteiger partial charge in [-0.25, -0.2) is 4.39 Å². The van der Waals surface area contributed by atoms with Crippen molar-refractivity contribution in [1.29, 1.82) is 0 Å². The predicted molar refractivity (Wildman–Crippen MR) is 159 cm³/mol. The molecule has 0 saturated carbocycles. The molecule has 7 nitrogen and oxygen atoms in total. The average molecular weight is 555 g/mol. The summed E-state index contributed by atoms with van der Waals surface area (Å²) in [5.74, 6) is -1.77. The molecule has 0 bridgehead atoms. The van der Waals surface area contributed by atoms with Gasteiger partial charge in [-0.2, -0.15) is 0 Å². The Hall–Kier alpha value is -4.56. The molecular weight excluding hydrogens is 519 g/mol. The summed E-state index contributed by atoms with van der Waals surface area (Å²) in [6.45, 7) is 0.446. The van der Waals surface area contributed by atoms with Gasteiger partial charge in [-0.05, 0) is 58.6 Å². The minimum absolute atomic E-state index is 0.0215. The topological polar surface area (TPSA) is 105 Å². The van der Waals surface area contributed by atoms with Crippen LogP contribution >= 0.6 is 0 Å². The van der Waals surface area contributed by atoms with E-state index in [0.29, 0.717) is 24.1 Å². The van der Waals surface area contributed by atoms with Gasteiger partial charge in [0.05, 0.1) is 0 Å². The third-order valence-electron chi connectivity index (χ3n) is 7.21. The van der Waals surface area contributed by atoms with E-state index in [1.807, 2.05) is 48.5 Å². The van der Waals surface area contributed by atoms with Crippen LogP contribution in [0.2, 0.25) is 0 Å². The van der Waals surface area contributed by atoms with Crippen LogP contribution in [0, 0.1) is 5.82 Å². The van der Waals surface area contributed by atoms with Gasteiger partial charge in [-0.15, -0.1) is 0 Å². The summed E-state index contributed by atoms with van der Waals surface area (Å²) in [5, 5.41) is 7.55. The first kappa shape index (κ1) is 29.4. The van der Waals surface area contributed by atoms with Crippen molar-refractivity contribution in [2.45, 2.75) is 31.3 Å². The van der Waals surface area contributed by atoms with E-state index in [1.54, 1.807) is 36.4 Å². The lowest BCUT2D eigenvalue weighted by molar-refractivity contribution is -0.140. The molecule has 0 saturated heterocycles. The molecule has 4 aromatic carbocycles. The van der Waals surface area contributed by atoms with Gasteiger partial charge in [0, 0.05) is 32.5 Å². The number of rotatable bonds is 11. The number of hydrogen-bond acceptors (Lipinski definition) is 4. The fourth-order valence-corrected chi connectivity index (χ4v) is 4.92. The normalized spacial score (nSPS) is 12.4. The molecule has 41 heavy (non-hydrogen) atoms. The highest BCUT2D eigenvalue weighted by molar-refractivity contribution is 5.98. The number of carbonyl (C=O) groups excluding carboxylic acids is 3. The van der Waals surface area contributed by atoms with Gasteiger partial charge in [0.2, 0.25) is 11.8 Å². The number of fused-ring (bicyclic) bond motifs is 1. The van der Waals surface area contributed by atoms with E-state index in [2.05, 4.69) is 10.6 Å². The molecule has 0 aromatic heterocycles. The number of nitrogens with one attached hydrogen (secondary N) is 2. The number of benzene rings is 4. The summed E-state index contributed by atoms with van der Waals surface area (Å²) in [6, 6.07) is 25.1. The van der Waals surface area contributed by atoms with Crippen LogP contribution in [0.25, 0.3) is 10.8 Å². The SMILES string of the molecule is CNC(=O)C(Cc1ccccc1F)N(C)C(=O)C(Cc1ccc2ccccc2c1)NC(=O)c1cccc(CCN)c1. The minimum Gasteiger partial charge on any atom is -0.357 e. The standard InChI is InChI=1S/C33H35FN4O3/c1-36-32(40)30(21-26-11-5-6-13-28(26)34)38(2)33(41)29(20-23-14-15-24-9-3-4-10-25(24)19-23)37-31(39)27-12-7-8-22(18-27)16-17-35/h3-15,18-19,29-30H,16-17,20-21,35H2,1-2H3,(H,36,40)(H,37,39). The molecule has 4 rings (SSSR count). The van der Waals surface area contributed by atoms with Gasteiger partial charge in [0.25, 0.3) is 5.91 Å². The highest BCUT2D eigenvalue weighted by Crippen LogP contribution is 2.19. The zero-order valence-corrected chi connectivity index (χ0v) is 23.3. The van der Waals surface area contributed by atoms with Gasteiger partial charge < -0.3 is 21.3 Å². The van der Waals surface area contributed by atoms with Crippen LogP contribution in [0.5, 0.6) is 0 Å². The average Bonchev–Trinajstić information content (AvgIpc) is 2.99. The quantitative estimate of drug-likeness (QED) is 0.263. The Labute approximate surface area is 239 Å². The number of halogens is 1. The van der Waals surface area contributed by atoms with Gasteiger partial charge in [0.1, 0.15) is 17.9 Å². The molecule has 4 aromatic rings. The van der Waals surface area contributed by atoms with E-state index in [4.69, 9.17) is 5.73 Å². The first-order valence-corrected chi connectivity index (χ1v) is 13.6. The molecular formula is C33H35FN4O3. The number of nitrogens with zero attached hydrogens (tertiary/aromatic N) is 1. The van der Waals surface area contributed by atoms with Gasteiger partial charge >= 0.3 is 0 Å². The van der Waals surface area contributed by atoms with E-state index in [9.17, 15) is 18.8 Å². The predicted octanol–water partition coefficient (Wildman–Crippen LogP) is 3.64. The number of hydrogen-bond donors (Lipinski definition) is 3. The molecule has 0 aliphatic rings. The summed E-state index contributed by atoms with van der Waals surface area (Å²) in [4.78, 5) is 41.6. The van der Waals surface area contributed by atoms with Crippen molar-refractivity contribution in [2.75, 3.05) is 20.6 Å². The van der Waals surface area contributed by atoms with Crippen molar-refractivity contribution in [3.63, 3.8) is 0 Å². The molecule has 212 valence electrons. The smallest absolute Gasteiger partial charge is 0.251 e. The molecule has 2 unspecified atom stereocenters. The first-order valence-electron chi connectivity index (χ1n) is 13.6. The fourth-order valence-electron chi connectivity index (χ4n) is 4.92. The first-order chi connectivity index (χ1) is 19.8. The summed E-state index contributed by atoms with van der Waals surface area (Å²) in [7, 11) is 2.97. The van der Waals surface area contributed by atoms with Crippen LogP contribution in [-0.4, -0.2) is 55.3 Å². The molecule has 0 radical (unpaired) electrons. The summed E-state index contributed by atoms with van der Waals surface area (Å²) in [5.41, 5.74) is 8.17. The molecule has 3 amide bonds. The van der Waals surface area contributed by atoms with Crippen molar-refractivity contribution in [3.8, 4) is 0 Å². The maximum atomic E-state index is 14.5. The van der Waals surface area contributed by atoms with Crippen LogP contribution in [-0.2, 0) is 28.9 Å². The van der Waals surface area contributed by atoms with Crippen molar-refractivity contribution < 1.29 is 18.8 Å². The highest BCUT2D eigenvalue weighted by atomic mass is 19.1. The molecule has 2 atom stereocenters. The third-order valence-corrected chi connectivity index (χ3v) is 7.21. The second kappa shape index (κ2) is 13.7. The lowest BCUT2D eigenvalue weighted by Crippen LogP contribution is -2.55. The van der Waals surface area contributed by atoms with Gasteiger partial charge in [-0.1, -0.05) is 72.8 Å². The van der Waals surface area contributed by atoms with Crippen LogP contribution in [0.1, 0.15) is 27.0 Å². The van der Waals surface area contributed by atoms with Crippen LogP contribution in [0.4, 0.5) is 4.39 Å². The Morgan fingerprint density at radius 2 is 1.59 bits per heavy atom. The van der Waals surface area contributed by atoms with Crippen molar-refractivity contribution in [2.24, 2.45) is 5.73 Å². The van der Waals surface area contributed by atoms with Gasteiger partial charge in [0.15, 0.2) is 0 Å². The monoisotopic (exact) mass is 554 g/mol. The highest BCUT2D eigenvalue weighted by Gasteiger charge is 2.33. The van der Waals surface area contributed by atoms with Gasteiger partial charge in [-0.3, -0.25) is 14.4 Å². The van der Waals surface area contributed by atoms with E-state index in [0.717, 1.165) is 21.9 Å². The Kier molecular flexibility index (Phi) is 9.81. The number of carbonyl (C=O) groups is 3. The Morgan fingerprint density at radius 1 is 0.854 bits per heavy atom. The molecule has 0 spiro atoms. The Morgan fingerprint density at radius 3 is 2.32 bits per heavy atom. The van der Waals surface area contributed by atoms with E-state index in [-0.39, 0.29) is 12.8 Å². The fraction of sp³-hybridized carbons (Fsp3) is 0.242. The maximum absolute atomic E-state index is 14.5. The molecule has 4 N–H and O–H groups in total. The number of nitrogens with two attached hydrogens (primary N) is 1. The molecule has 0 heterocycles. The van der Waals surface area contributed by atoms with Crippen LogP contribution in [0.3, 0.4) is 0 Å². The Balaban J connectivity index is 1.65. The van der Waals surface area contributed by atoms with Crippen LogP contribution < -0.4 is 16.4 Å².